The minimum atomic E-state index is -4.08. The molecule has 2 aromatic carbocycles. The van der Waals surface area contributed by atoms with E-state index in [-0.39, 0.29) is 5.69 Å². The van der Waals surface area contributed by atoms with Crippen LogP contribution in [0.4, 0.5) is 15.9 Å². The number of benzene rings is 2. The molecule has 0 fully saturated rings. The summed E-state index contributed by atoms with van der Waals surface area (Å²) in [6.45, 7) is 1.86. The van der Waals surface area contributed by atoms with Crippen molar-refractivity contribution in [2.75, 3.05) is 10.5 Å². The number of aromatic nitrogens is 4. The molecule has 0 atom stereocenters. The number of H-pyrrole nitrogens is 1. The second-order valence-corrected chi connectivity index (χ2v) is 9.34. The Morgan fingerprint density at radius 3 is 2.54 bits per heavy atom. The largest absolute Gasteiger partial charge is 0.437 e. The van der Waals surface area contributed by atoms with Crippen LogP contribution in [-0.4, -0.2) is 28.6 Å². The van der Waals surface area contributed by atoms with Crippen molar-refractivity contribution >= 4 is 32.4 Å². The van der Waals surface area contributed by atoms with Crippen LogP contribution < -0.4 is 15.2 Å². The normalized spacial score (nSPS) is 11.5. The summed E-state index contributed by atoms with van der Waals surface area (Å²) in [5, 5.41) is 7.98. The molecule has 0 amide bonds. The predicted molar refractivity (Wildman–Crippen MR) is 130 cm³/mol. The number of halogens is 1. The second-order valence-electron chi connectivity index (χ2n) is 7.69. The number of aryl methyl sites for hydroxylation is 1. The van der Waals surface area contributed by atoms with Gasteiger partial charge in [-0.15, -0.1) is 0 Å². The molecule has 0 bridgehead atoms. The highest BCUT2D eigenvalue weighted by molar-refractivity contribution is 7.92. The molecule has 0 saturated heterocycles. The molecule has 35 heavy (non-hydrogen) atoms. The van der Waals surface area contributed by atoms with E-state index in [0.29, 0.717) is 34.2 Å². The zero-order chi connectivity index (χ0) is 24.6. The molecule has 0 aliphatic heterocycles. The highest BCUT2D eigenvalue weighted by Crippen LogP contribution is 2.33. The lowest BCUT2D eigenvalue weighted by Crippen LogP contribution is -2.14. The van der Waals surface area contributed by atoms with E-state index >= 15 is 0 Å². The summed E-state index contributed by atoms with van der Waals surface area (Å²) in [7, 11) is -4.08. The van der Waals surface area contributed by atoms with Crippen molar-refractivity contribution < 1.29 is 17.5 Å². The first-order valence-corrected chi connectivity index (χ1v) is 11.9. The molecular weight excluding hydrogens is 471 g/mol. The minimum Gasteiger partial charge on any atom is -0.437 e. The van der Waals surface area contributed by atoms with Gasteiger partial charge in [0.2, 0.25) is 5.88 Å². The van der Waals surface area contributed by atoms with Crippen molar-refractivity contribution in [3.05, 3.63) is 84.4 Å². The standard InChI is InChI=1S/C24H19FN6O3S/c1-14-23-20(30-29-14)12-19(28-24(23)34-17-10-11-22(26)27-13-17)15-6-8-16(9-7-15)31-35(32,33)21-5-3-2-4-18(21)25/h2-13,31H,1H3,(H2,26,27)(H,29,30). The maximum absolute atomic E-state index is 14.0. The van der Waals surface area contributed by atoms with E-state index in [9.17, 15) is 12.8 Å². The summed E-state index contributed by atoms with van der Waals surface area (Å²) in [5.41, 5.74) is 8.62. The fourth-order valence-electron chi connectivity index (χ4n) is 3.52. The number of nitrogens with two attached hydrogens (primary N) is 1. The second kappa shape index (κ2) is 8.69. The topological polar surface area (TPSA) is 136 Å². The molecule has 9 nitrogen and oxygen atoms in total. The quantitative estimate of drug-likeness (QED) is 0.315. The Morgan fingerprint density at radius 1 is 1.06 bits per heavy atom. The third-order valence-electron chi connectivity index (χ3n) is 5.22. The lowest BCUT2D eigenvalue weighted by Gasteiger charge is -2.11. The predicted octanol–water partition coefficient (Wildman–Crippen LogP) is 4.64. The smallest absolute Gasteiger partial charge is 0.264 e. The van der Waals surface area contributed by atoms with Gasteiger partial charge in [-0.3, -0.25) is 9.82 Å². The SMILES string of the molecule is Cc1[nH]nc2cc(-c3ccc(NS(=O)(=O)c4ccccc4F)cc3)nc(Oc3ccc(N)nc3)c12. The molecule has 5 aromatic rings. The summed E-state index contributed by atoms with van der Waals surface area (Å²) in [6.07, 6.45) is 1.50. The minimum absolute atomic E-state index is 0.276. The number of sulfonamides is 1. The van der Waals surface area contributed by atoms with Gasteiger partial charge in [0, 0.05) is 16.9 Å². The zero-order valence-corrected chi connectivity index (χ0v) is 19.2. The number of anilines is 2. The fourth-order valence-corrected chi connectivity index (χ4v) is 4.66. The number of ether oxygens (including phenoxy) is 1. The number of aromatic amines is 1. The van der Waals surface area contributed by atoms with Crippen molar-refractivity contribution in [1.82, 2.24) is 20.2 Å². The van der Waals surface area contributed by atoms with Crippen molar-refractivity contribution in [2.24, 2.45) is 0 Å². The van der Waals surface area contributed by atoms with Crippen LogP contribution in [-0.2, 0) is 10.0 Å². The Labute approximate surface area is 199 Å². The van der Waals surface area contributed by atoms with E-state index in [1.165, 1.54) is 24.4 Å². The summed E-state index contributed by atoms with van der Waals surface area (Å²) in [6, 6.07) is 16.8. The van der Waals surface area contributed by atoms with Gasteiger partial charge in [-0.2, -0.15) is 5.10 Å². The molecule has 5 rings (SSSR count). The molecular formula is C24H19FN6O3S. The first kappa shape index (κ1) is 22.3. The van der Waals surface area contributed by atoms with Crippen molar-refractivity contribution in [3.8, 4) is 22.9 Å². The van der Waals surface area contributed by atoms with Crippen LogP contribution in [0.5, 0.6) is 11.6 Å². The Hall–Kier alpha value is -4.51. The zero-order valence-electron chi connectivity index (χ0n) is 18.4. The number of fused-ring (bicyclic) bond motifs is 1. The van der Waals surface area contributed by atoms with Crippen LogP contribution in [0.2, 0.25) is 0 Å². The summed E-state index contributed by atoms with van der Waals surface area (Å²) in [4.78, 5) is 8.26. The third kappa shape index (κ3) is 4.49. The lowest BCUT2D eigenvalue weighted by molar-refractivity contribution is 0.467. The number of nitrogens with one attached hydrogen (secondary N) is 2. The van der Waals surface area contributed by atoms with E-state index in [0.717, 1.165) is 17.1 Å². The van der Waals surface area contributed by atoms with E-state index in [2.05, 4.69) is 24.9 Å². The van der Waals surface area contributed by atoms with Gasteiger partial charge >= 0.3 is 0 Å². The Balaban J connectivity index is 1.46. The number of hydrogen-bond donors (Lipinski definition) is 3. The van der Waals surface area contributed by atoms with Crippen molar-refractivity contribution in [1.29, 1.82) is 0 Å². The fraction of sp³-hybridized carbons (Fsp3) is 0.0417. The van der Waals surface area contributed by atoms with E-state index in [1.807, 2.05) is 6.92 Å². The molecule has 11 heteroatoms. The van der Waals surface area contributed by atoms with Gasteiger partial charge in [0.1, 0.15) is 22.3 Å². The number of rotatable bonds is 6. The maximum atomic E-state index is 14.0. The molecule has 176 valence electrons. The van der Waals surface area contributed by atoms with E-state index in [4.69, 9.17) is 10.5 Å². The molecule has 0 saturated carbocycles. The molecule has 4 N–H and O–H groups in total. The average Bonchev–Trinajstić information content (AvgIpc) is 3.22. The van der Waals surface area contributed by atoms with Gasteiger partial charge < -0.3 is 10.5 Å². The number of nitrogens with zero attached hydrogens (tertiary/aromatic N) is 3. The molecule has 0 radical (unpaired) electrons. The molecule has 0 aliphatic rings. The summed E-state index contributed by atoms with van der Waals surface area (Å²) >= 11 is 0. The van der Waals surface area contributed by atoms with E-state index in [1.54, 1.807) is 42.5 Å². The Kier molecular flexibility index (Phi) is 5.53. The Morgan fingerprint density at radius 2 is 1.83 bits per heavy atom. The monoisotopic (exact) mass is 490 g/mol. The first-order valence-electron chi connectivity index (χ1n) is 10.4. The first-order chi connectivity index (χ1) is 16.8. The van der Waals surface area contributed by atoms with Gasteiger partial charge in [-0.05, 0) is 49.4 Å². The number of hydrogen-bond acceptors (Lipinski definition) is 7. The van der Waals surface area contributed by atoms with Crippen LogP contribution in [0.15, 0.2) is 77.8 Å². The Bertz CT molecular complexity index is 1640. The molecule has 3 aromatic heterocycles. The van der Waals surface area contributed by atoms with E-state index < -0.39 is 20.7 Å². The van der Waals surface area contributed by atoms with Crippen LogP contribution in [0.25, 0.3) is 22.2 Å². The highest BCUT2D eigenvalue weighted by atomic mass is 32.2. The molecule has 0 unspecified atom stereocenters. The summed E-state index contributed by atoms with van der Waals surface area (Å²) < 4.78 is 47.4. The van der Waals surface area contributed by atoms with Crippen LogP contribution >= 0.6 is 0 Å². The number of pyridine rings is 2. The average molecular weight is 491 g/mol. The molecule has 3 heterocycles. The van der Waals surface area contributed by atoms with Crippen molar-refractivity contribution in [2.45, 2.75) is 11.8 Å². The molecule has 0 spiro atoms. The van der Waals surface area contributed by atoms with Gasteiger partial charge in [0.25, 0.3) is 10.0 Å². The lowest BCUT2D eigenvalue weighted by atomic mass is 10.1. The summed E-state index contributed by atoms with van der Waals surface area (Å²) in [5.74, 6) is 0.338. The number of nitrogen functional groups attached to an aromatic ring is 1. The van der Waals surface area contributed by atoms with Gasteiger partial charge in [-0.1, -0.05) is 24.3 Å². The van der Waals surface area contributed by atoms with Gasteiger partial charge in [0.05, 0.1) is 22.8 Å². The third-order valence-corrected chi connectivity index (χ3v) is 6.63. The van der Waals surface area contributed by atoms with Crippen LogP contribution in [0.3, 0.4) is 0 Å². The van der Waals surface area contributed by atoms with Gasteiger partial charge in [-0.25, -0.2) is 22.8 Å². The highest BCUT2D eigenvalue weighted by Gasteiger charge is 2.19. The van der Waals surface area contributed by atoms with Gasteiger partial charge in [0.15, 0.2) is 0 Å². The van der Waals surface area contributed by atoms with Crippen LogP contribution in [0.1, 0.15) is 5.69 Å². The molecule has 0 aliphatic carbocycles. The van der Waals surface area contributed by atoms with Crippen molar-refractivity contribution in [3.63, 3.8) is 0 Å². The van der Waals surface area contributed by atoms with Crippen LogP contribution in [0, 0.1) is 12.7 Å². The maximum Gasteiger partial charge on any atom is 0.264 e.